The molecule has 1 amide bonds. The van der Waals surface area contributed by atoms with E-state index in [0.29, 0.717) is 22.2 Å². The third-order valence-electron chi connectivity index (χ3n) is 5.19. The first-order valence-electron chi connectivity index (χ1n) is 10.1. The largest absolute Gasteiger partial charge is 0.490 e. The number of halogens is 3. The van der Waals surface area contributed by atoms with E-state index in [1.807, 2.05) is 6.07 Å². The first-order chi connectivity index (χ1) is 14.7. The highest BCUT2D eigenvalue weighted by Crippen LogP contribution is 2.28. The highest BCUT2D eigenvalue weighted by molar-refractivity contribution is 7.90. The molecule has 1 aliphatic heterocycles. The van der Waals surface area contributed by atoms with Gasteiger partial charge in [-0.25, -0.2) is 8.42 Å². The average molecular weight is 522 g/mol. The molecule has 2 aromatic rings. The summed E-state index contributed by atoms with van der Waals surface area (Å²) in [5, 5.41) is 3.86. The van der Waals surface area contributed by atoms with E-state index < -0.39 is 9.84 Å². The number of sulfone groups is 1. The van der Waals surface area contributed by atoms with Gasteiger partial charge in [-0.2, -0.15) is 0 Å². The molecule has 1 heterocycles. The summed E-state index contributed by atoms with van der Waals surface area (Å²) in [5.74, 6) is 0.467. The molecular formula is C22H27Cl3N2O4S. The predicted molar refractivity (Wildman–Crippen MR) is 130 cm³/mol. The normalized spacial score (nSPS) is 15.1. The zero-order chi connectivity index (χ0) is 22.4. The van der Waals surface area contributed by atoms with Gasteiger partial charge in [0.2, 0.25) is 0 Å². The van der Waals surface area contributed by atoms with Crippen LogP contribution in [0.5, 0.6) is 5.75 Å². The number of amides is 1. The van der Waals surface area contributed by atoms with Crippen molar-refractivity contribution >= 4 is 51.4 Å². The first-order valence-corrected chi connectivity index (χ1v) is 12.8. The van der Waals surface area contributed by atoms with Crippen LogP contribution in [-0.4, -0.2) is 57.8 Å². The molecule has 176 valence electrons. The molecule has 1 saturated heterocycles. The van der Waals surface area contributed by atoms with Gasteiger partial charge in [-0.3, -0.25) is 4.79 Å². The molecule has 0 spiro atoms. The number of nitrogens with one attached hydrogen (secondary N) is 1. The van der Waals surface area contributed by atoms with Crippen LogP contribution in [0.1, 0.15) is 29.6 Å². The number of carbonyl (C=O) groups excluding carboxylic acids is 1. The van der Waals surface area contributed by atoms with Crippen molar-refractivity contribution < 1.29 is 17.9 Å². The van der Waals surface area contributed by atoms with Crippen LogP contribution in [0.2, 0.25) is 10.0 Å². The standard InChI is InChI=1S/C22H26Cl2N2O4S.ClH/c1-31(28,29)19-5-2-4-16(14-19)22(27)25-10-3-11-26-12-8-17(9-13-26)30-18-6-7-20(23)21(24)15-18;/h2,4-7,14-15,17H,3,8-13H2,1H3,(H,25,27);1H. The molecule has 3 rings (SSSR count). The second kappa shape index (κ2) is 12.1. The van der Waals surface area contributed by atoms with Crippen molar-refractivity contribution in [2.45, 2.75) is 30.3 Å². The quantitative estimate of drug-likeness (QED) is 0.518. The highest BCUT2D eigenvalue weighted by atomic mass is 35.5. The van der Waals surface area contributed by atoms with Crippen molar-refractivity contribution in [1.82, 2.24) is 10.2 Å². The van der Waals surface area contributed by atoms with Crippen LogP contribution in [-0.2, 0) is 9.84 Å². The summed E-state index contributed by atoms with van der Waals surface area (Å²) >= 11 is 12.0. The summed E-state index contributed by atoms with van der Waals surface area (Å²) in [5.41, 5.74) is 0.350. The fraction of sp³-hybridized carbons (Fsp3) is 0.409. The van der Waals surface area contributed by atoms with Gasteiger partial charge in [0.1, 0.15) is 11.9 Å². The molecule has 0 saturated carbocycles. The van der Waals surface area contributed by atoms with Gasteiger partial charge >= 0.3 is 0 Å². The maximum absolute atomic E-state index is 12.3. The van der Waals surface area contributed by atoms with Gasteiger partial charge in [0, 0.05) is 37.5 Å². The summed E-state index contributed by atoms with van der Waals surface area (Å²) in [6, 6.07) is 11.4. The Labute approximate surface area is 205 Å². The van der Waals surface area contributed by atoms with E-state index >= 15 is 0 Å². The molecular weight excluding hydrogens is 495 g/mol. The summed E-state index contributed by atoms with van der Waals surface area (Å²) in [4.78, 5) is 14.8. The monoisotopic (exact) mass is 520 g/mol. The van der Waals surface area contributed by atoms with Crippen LogP contribution >= 0.6 is 35.6 Å². The van der Waals surface area contributed by atoms with Crippen molar-refractivity contribution in [2.24, 2.45) is 0 Å². The molecule has 0 aliphatic carbocycles. The smallest absolute Gasteiger partial charge is 0.251 e. The zero-order valence-electron chi connectivity index (χ0n) is 17.7. The molecule has 32 heavy (non-hydrogen) atoms. The fourth-order valence-electron chi connectivity index (χ4n) is 3.47. The summed E-state index contributed by atoms with van der Waals surface area (Å²) in [6.45, 7) is 3.26. The maximum atomic E-state index is 12.3. The Bertz CT molecular complexity index is 1030. The van der Waals surface area contributed by atoms with Gasteiger partial charge in [-0.1, -0.05) is 29.3 Å². The second-order valence-electron chi connectivity index (χ2n) is 7.64. The van der Waals surface area contributed by atoms with Gasteiger partial charge in [-0.15, -0.1) is 12.4 Å². The molecule has 1 fully saturated rings. The summed E-state index contributed by atoms with van der Waals surface area (Å²) < 4.78 is 29.3. The minimum absolute atomic E-state index is 0. The van der Waals surface area contributed by atoms with Gasteiger partial charge in [0.15, 0.2) is 9.84 Å². The predicted octanol–water partition coefficient (Wildman–Crippen LogP) is 4.48. The van der Waals surface area contributed by atoms with E-state index in [0.717, 1.165) is 50.9 Å². The maximum Gasteiger partial charge on any atom is 0.251 e. The average Bonchev–Trinajstić information content (AvgIpc) is 2.74. The molecule has 0 atom stereocenters. The minimum Gasteiger partial charge on any atom is -0.490 e. The molecule has 0 radical (unpaired) electrons. The minimum atomic E-state index is -3.34. The molecule has 1 aliphatic rings. The van der Waals surface area contributed by atoms with E-state index in [2.05, 4.69) is 10.2 Å². The molecule has 1 N–H and O–H groups in total. The number of ether oxygens (including phenoxy) is 1. The molecule has 0 bridgehead atoms. The van der Waals surface area contributed by atoms with Crippen molar-refractivity contribution in [1.29, 1.82) is 0 Å². The number of likely N-dealkylation sites (tertiary alicyclic amines) is 1. The number of rotatable bonds is 8. The fourth-order valence-corrected chi connectivity index (χ4v) is 4.42. The third-order valence-corrected chi connectivity index (χ3v) is 7.04. The molecule has 6 nitrogen and oxygen atoms in total. The van der Waals surface area contributed by atoms with E-state index in [1.54, 1.807) is 24.3 Å². The van der Waals surface area contributed by atoms with Crippen LogP contribution in [0.4, 0.5) is 0 Å². The Balaban J connectivity index is 0.00000363. The highest BCUT2D eigenvalue weighted by Gasteiger charge is 2.20. The Morgan fingerprint density at radius 1 is 1.12 bits per heavy atom. The van der Waals surface area contributed by atoms with Crippen LogP contribution in [0.25, 0.3) is 0 Å². The van der Waals surface area contributed by atoms with E-state index in [9.17, 15) is 13.2 Å². The lowest BCUT2D eigenvalue weighted by Crippen LogP contribution is -2.39. The van der Waals surface area contributed by atoms with Crippen LogP contribution < -0.4 is 10.1 Å². The SMILES string of the molecule is CS(=O)(=O)c1cccc(C(=O)NCCCN2CCC(Oc3ccc(Cl)c(Cl)c3)CC2)c1.Cl. The lowest BCUT2D eigenvalue weighted by atomic mass is 10.1. The third kappa shape index (κ3) is 7.81. The number of carbonyl (C=O) groups is 1. The second-order valence-corrected chi connectivity index (χ2v) is 10.5. The van der Waals surface area contributed by atoms with Gasteiger partial charge in [0.05, 0.1) is 14.9 Å². The van der Waals surface area contributed by atoms with Crippen molar-refractivity contribution in [3.05, 3.63) is 58.1 Å². The number of hydrogen-bond acceptors (Lipinski definition) is 5. The lowest BCUT2D eigenvalue weighted by molar-refractivity contribution is 0.0935. The lowest BCUT2D eigenvalue weighted by Gasteiger charge is -2.32. The Morgan fingerprint density at radius 2 is 1.84 bits per heavy atom. The van der Waals surface area contributed by atoms with Crippen molar-refractivity contribution in [3.63, 3.8) is 0 Å². The molecule has 2 aromatic carbocycles. The molecule has 10 heteroatoms. The van der Waals surface area contributed by atoms with Crippen LogP contribution in [0, 0.1) is 0 Å². The van der Waals surface area contributed by atoms with E-state index in [1.165, 1.54) is 12.1 Å². The Hall–Kier alpha value is -1.51. The van der Waals surface area contributed by atoms with Gasteiger partial charge < -0.3 is 15.0 Å². The molecule has 0 aromatic heterocycles. The Kier molecular flexibility index (Phi) is 10.1. The van der Waals surface area contributed by atoms with Crippen LogP contribution in [0.15, 0.2) is 47.4 Å². The van der Waals surface area contributed by atoms with Crippen molar-refractivity contribution in [3.8, 4) is 5.75 Å². The van der Waals surface area contributed by atoms with Crippen molar-refractivity contribution in [2.75, 3.05) is 32.4 Å². The summed E-state index contributed by atoms with van der Waals surface area (Å²) in [6.07, 6.45) is 3.93. The Morgan fingerprint density at radius 3 is 2.50 bits per heavy atom. The number of piperidine rings is 1. The first kappa shape index (κ1) is 26.7. The molecule has 0 unspecified atom stereocenters. The van der Waals surface area contributed by atoms with E-state index in [-0.39, 0.29) is 29.3 Å². The number of nitrogens with zero attached hydrogens (tertiary/aromatic N) is 1. The van der Waals surface area contributed by atoms with Crippen LogP contribution in [0.3, 0.4) is 0 Å². The van der Waals surface area contributed by atoms with Gasteiger partial charge in [0.25, 0.3) is 5.91 Å². The zero-order valence-corrected chi connectivity index (χ0v) is 20.9. The number of benzene rings is 2. The van der Waals surface area contributed by atoms with E-state index in [4.69, 9.17) is 27.9 Å². The van der Waals surface area contributed by atoms with Gasteiger partial charge in [-0.05, 0) is 56.1 Å². The topological polar surface area (TPSA) is 75.7 Å². The summed E-state index contributed by atoms with van der Waals surface area (Å²) in [7, 11) is -3.34. The number of hydrogen-bond donors (Lipinski definition) is 1.